The van der Waals surface area contributed by atoms with Crippen molar-refractivity contribution in [3.63, 3.8) is 0 Å². The minimum atomic E-state index is -0.354. The smallest absolute Gasteiger partial charge is 0.341 e. The zero-order chi connectivity index (χ0) is 20.9. The Hall–Kier alpha value is -3.09. The van der Waals surface area contributed by atoms with E-state index in [0.29, 0.717) is 24.8 Å². The van der Waals surface area contributed by atoms with Crippen molar-refractivity contribution < 1.29 is 14.3 Å². The summed E-state index contributed by atoms with van der Waals surface area (Å²) in [6, 6.07) is 8.25. The van der Waals surface area contributed by atoms with E-state index in [1.165, 1.54) is 19.3 Å². The minimum Gasteiger partial charge on any atom is -0.497 e. The first-order valence-electron chi connectivity index (χ1n) is 10.6. The number of hydrogen-bond donors (Lipinski definition) is 1. The lowest BCUT2D eigenvalue weighted by atomic mass is 9.95. The minimum absolute atomic E-state index is 0.330. The highest BCUT2D eigenvalue weighted by Crippen LogP contribution is 2.30. The van der Waals surface area contributed by atoms with Gasteiger partial charge in [0.05, 0.1) is 37.5 Å². The van der Waals surface area contributed by atoms with E-state index < -0.39 is 0 Å². The number of anilines is 1. The topological polar surface area (TPSA) is 78.3 Å². The Morgan fingerprint density at radius 2 is 1.93 bits per heavy atom. The summed E-state index contributed by atoms with van der Waals surface area (Å²) in [7, 11) is 1.65. The lowest BCUT2D eigenvalue weighted by molar-refractivity contribution is 0.0527. The molecule has 0 saturated heterocycles. The van der Waals surface area contributed by atoms with Gasteiger partial charge in [0.2, 0.25) is 0 Å². The van der Waals surface area contributed by atoms with Gasteiger partial charge in [-0.05, 0) is 37.5 Å². The van der Waals surface area contributed by atoms with Crippen LogP contribution in [0.3, 0.4) is 0 Å². The molecule has 4 rings (SSSR count). The van der Waals surface area contributed by atoms with Gasteiger partial charge >= 0.3 is 5.97 Å². The van der Waals surface area contributed by atoms with Crippen molar-refractivity contribution in [1.29, 1.82) is 0 Å². The average Bonchev–Trinajstić information content (AvgIpc) is 3.18. The predicted molar refractivity (Wildman–Crippen MR) is 116 cm³/mol. The number of methoxy groups -OCH3 is 1. The molecule has 2 heterocycles. The third kappa shape index (κ3) is 4.25. The summed E-state index contributed by atoms with van der Waals surface area (Å²) in [6.07, 6.45) is 9.29. The van der Waals surface area contributed by atoms with Crippen molar-refractivity contribution in [3.8, 4) is 5.75 Å². The van der Waals surface area contributed by atoms with E-state index in [1.54, 1.807) is 19.5 Å². The molecule has 3 aromatic rings. The Morgan fingerprint density at radius 1 is 1.17 bits per heavy atom. The molecule has 0 amide bonds. The highest BCUT2D eigenvalue weighted by atomic mass is 16.5. The number of pyridine rings is 1. The zero-order valence-corrected chi connectivity index (χ0v) is 17.6. The van der Waals surface area contributed by atoms with E-state index in [-0.39, 0.29) is 5.97 Å². The highest BCUT2D eigenvalue weighted by Gasteiger charge is 2.22. The van der Waals surface area contributed by atoms with Crippen LogP contribution in [0.15, 0.2) is 36.7 Å². The van der Waals surface area contributed by atoms with Crippen LogP contribution in [0.25, 0.3) is 11.0 Å². The SMILES string of the molecule is CCOC(=O)c1cnc2c(cnn2Cc2ccc(OC)cc2)c1NC1CCCCC1. The molecule has 1 aromatic carbocycles. The Kier molecular flexibility index (Phi) is 6.16. The summed E-state index contributed by atoms with van der Waals surface area (Å²) in [5.41, 5.74) is 3.10. The molecule has 158 valence electrons. The average molecular weight is 409 g/mol. The maximum atomic E-state index is 12.6. The molecule has 0 radical (unpaired) electrons. The van der Waals surface area contributed by atoms with Crippen molar-refractivity contribution in [1.82, 2.24) is 14.8 Å². The Bertz CT molecular complexity index is 1010. The molecule has 0 bridgehead atoms. The monoisotopic (exact) mass is 408 g/mol. The van der Waals surface area contributed by atoms with Crippen molar-refractivity contribution in [2.75, 3.05) is 19.0 Å². The summed E-state index contributed by atoms with van der Waals surface area (Å²) in [5, 5.41) is 9.02. The normalized spacial score (nSPS) is 14.6. The van der Waals surface area contributed by atoms with E-state index in [1.807, 2.05) is 35.9 Å². The summed E-state index contributed by atoms with van der Waals surface area (Å²) < 4.78 is 12.4. The number of carbonyl (C=O) groups is 1. The van der Waals surface area contributed by atoms with Gasteiger partial charge < -0.3 is 14.8 Å². The van der Waals surface area contributed by atoms with Gasteiger partial charge in [-0.1, -0.05) is 31.4 Å². The second-order valence-corrected chi connectivity index (χ2v) is 7.63. The molecule has 2 aromatic heterocycles. The van der Waals surface area contributed by atoms with Gasteiger partial charge in [0.15, 0.2) is 5.65 Å². The third-order valence-electron chi connectivity index (χ3n) is 5.61. The van der Waals surface area contributed by atoms with Gasteiger partial charge in [0.25, 0.3) is 0 Å². The second kappa shape index (κ2) is 9.15. The first kappa shape index (κ1) is 20.2. The first-order chi connectivity index (χ1) is 14.7. The first-order valence-corrected chi connectivity index (χ1v) is 10.6. The Labute approximate surface area is 176 Å². The van der Waals surface area contributed by atoms with Crippen molar-refractivity contribution in [2.24, 2.45) is 0 Å². The lowest BCUT2D eigenvalue weighted by Crippen LogP contribution is -2.24. The fourth-order valence-electron chi connectivity index (χ4n) is 4.02. The van der Waals surface area contributed by atoms with Gasteiger partial charge in [-0.2, -0.15) is 5.10 Å². The van der Waals surface area contributed by atoms with Gasteiger partial charge in [-0.15, -0.1) is 0 Å². The lowest BCUT2D eigenvalue weighted by Gasteiger charge is -2.25. The number of carbonyl (C=O) groups excluding carboxylic acids is 1. The number of ether oxygens (including phenoxy) is 2. The number of rotatable bonds is 7. The maximum Gasteiger partial charge on any atom is 0.341 e. The molecule has 1 N–H and O–H groups in total. The molecule has 1 aliphatic rings. The molecule has 0 unspecified atom stereocenters. The molecule has 1 saturated carbocycles. The van der Waals surface area contributed by atoms with Crippen LogP contribution in [-0.4, -0.2) is 40.5 Å². The fraction of sp³-hybridized carbons (Fsp3) is 0.435. The quantitative estimate of drug-likeness (QED) is 0.584. The van der Waals surface area contributed by atoms with Crippen LogP contribution in [0.4, 0.5) is 5.69 Å². The molecule has 7 nitrogen and oxygen atoms in total. The Morgan fingerprint density at radius 3 is 2.63 bits per heavy atom. The summed E-state index contributed by atoms with van der Waals surface area (Å²) in [4.78, 5) is 17.1. The van der Waals surface area contributed by atoms with Gasteiger partial charge in [-0.3, -0.25) is 0 Å². The third-order valence-corrected chi connectivity index (χ3v) is 5.61. The molecule has 30 heavy (non-hydrogen) atoms. The van der Waals surface area contributed by atoms with Gasteiger partial charge in [-0.25, -0.2) is 14.5 Å². The molecule has 1 fully saturated rings. The van der Waals surface area contributed by atoms with Crippen LogP contribution in [0.5, 0.6) is 5.75 Å². The molecular weight excluding hydrogens is 380 g/mol. The van der Waals surface area contributed by atoms with Gasteiger partial charge in [0.1, 0.15) is 11.3 Å². The molecule has 0 atom stereocenters. The highest BCUT2D eigenvalue weighted by molar-refractivity contribution is 6.04. The van der Waals surface area contributed by atoms with E-state index in [4.69, 9.17) is 9.47 Å². The Balaban J connectivity index is 1.69. The number of hydrogen-bond acceptors (Lipinski definition) is 6. The number of aromatic nitrogens is 3. The van der Waals surface area contributed by atoms with Crippen LogP contribution in [-0.2, 0) is 11.3 Å². The van der Waals surface area contributed by atoms with Crippen molar-refractivity contribution in [3.05, 3.63) is 47.8 Å². The van der Waals surface area contributed by atoms with E-state index >= 15 is 0 Å². The number of benzene rings is 1. The summed E-state index contributed by atoms with van der Waals surface area (Å²) in [5.74, 6) is 0.466. The van der Waals surface area contributed by atoms with Crippen molar-refractivity contribution in [2.45, 2.75) is 51.6 Å². The molecular formula is C23H28N4O3. The van der Waals surface area contributed by atoms with Crippen LogP contribution < -0.4 is 10.1 Å². The van der Waals surface area contributed by atoms with E-state index in [9.17, 15) is 4.79 Å². The van der Waals surface area contributed by atoms with Crippen LogP contribution in [0.2, 0.25) is 0 Å². The molecule has 1 aliphatic carbocycles. The summed E-state index contributed by atoms with van der Waals surface area (Å²) >= 11 is 0. The second-order valence-electron chi connectivity index (χ2n) is 7.63. The number of nitrogens with one attached hydrogen (secondary N) is 1. The zero-order valence-electron chi connectivity index (χ0n) is 17.6. The number of nitrogens with zero attached hydrogens (tertiary/aromatic N) is 3. The molecule has 0 aliphatic heterocycles. The van der Waals surface area contributed by atoms with Gasteiger partial charge in [0, 0.05) is 12.2 Å². The maximum absolute atomic E-state index is 12.6. The van der Waals surface area contributed by atoms with E-state index in [2.05, 4.69) is 15.4 Å². The largest absolute Gasteiger partial charge is 0.497 e. The van der Waals surface area contributed by atoms with Crippen LogP contribution >= 0.6 is 0 Å². The molecule has 0 spiro atoms. The van der Waals surface area contributed by atoms with Crippen molar-refractivity contribution >= 4 is 22.7 Å². The predicted octanol–water partition coefficient (Wildman–Crippen LogP) is 4.41. The summed E-state index contributed by atoms with van der Waals surface area (Å²) in [6.45, 7) is 2.73. The molecule has 7 heteroatoms. The number of esters is 1. The van der Waals surface area contributed by atoms with E-state index in [0.717, 1.165) is 40.9 Å². The van der Waals surface area contributed by atoms with Crippen LogP contribution in [0.1, 0.15) is 54.9 Å². The fourth-order valence-corrected chi connectivity index (χ4v) is 4.02. The number of fused-ring (bicyclic) bond motifs is 1. The standard InChI is InChI=1S/C23H28N4O3/c1-3-30-23(28)20-13-24-22-19(21(20)26-17-7-5-4-6-8-17)14-25-27(22)15-16-9-11-18(29-2)12-10-16/h9-14,17H,3-8,15H2,1-2H3,(H,24,26). The van der Waals surface area contributed by atoms with Crippen LogP contribution in [0, 0.1) is 0 Å².